The van der Waals surface area contributed by atoms with Crippen molar-refractivity contribution in [1.29, 1.82) is 0 Å². The van der Waals surface area contributed by atoms with E-state index in [-0.39, 0.29) is 0 Å². The zero-order chi connectivity index (χ0) is 41.9. The van der Waals surface area contributed by atoms with E-state index in [0.717, 1.165) is 28.6 Å². The van der Waals surface area contributed by atoms with Gasteiger partial charge in [0.25, 0.3) is 0 Å². The van der Waals surface area contributed by atoms with E-state index < -0.39 is 21.6 Å². The van der Waals surface area contributed by atoms with Gasteiger partial charge in [0.1, 0.15) is 5.82 Å². The molecule has 298 valence electrons. The molecule has 1 aromatic heterocycles. The van der Waals surface area contributed by atoms with Crippen LogP contribution in [0.4, 0.5) is 34.6 Å². The molecule has 11 rings (SSSR count). The lowest BCUT2D eigenvalue weighted by molar-refractivity contribution is 0.542. The van der Waals surface area contributed by atoms with Crippen molar-refractivity contribution >= 4 is 92.3 Å². The largest absolute Gasteiger partial charge is 0.279 e. The Morgan fingerprint density at radius 2 is 0.548 bits per heavy atom. The van der Waals surface area contributed by atoms with Crippen LogP contribution in [0.25, 0.3) is 0 Å². The minimum Gasteiger partial charge on any atom is -0.279 e. The van der Waals surface area contributed by atoms with Gasteiger partial charge in [-0.2, -0.15) is 15.0 Å². The average Bonchev–Trinajstić information content (AvgIpc) is 3.33. The normalized spacial score (nSPS) is 14.6. The van der Waals surface area contributed by atoms with E-state index in [0.29, 0.717) is 11.9 Å². The number of rotatable bonds is 6. The lowest BCUT2D eigenvalue weighted by atomic mass is 9.96. The molecule has 8 aromatic carbocycles. The summed E-state index contributed by atoms with van der Waals surface area (Å²) in [6.07, 6.45) is 0. The second-order valence-electron chi connectivity index (χ2n) is 17.2. The van der Waals surface area contributed by atoms with Gasteiger partial charge in [-0.05, 0) is 65.8 Å². The fourth-order valence-corrected chi connectivity index (χ4v) is 20.3. The van der Waals surface area contributed by atoms with Crippen molar-refractivity contribution in [3.8, 4) is 0 Å². The minimum atomic E-state index is -2.84. The molecule has 2 aliphatic heterocycles. The number of hydrogen-bond donors (Lipinski definition) is 0. The molecule has 0 atom stereocenters. The molecule has 2 aliphatic rings. The van der Waals surface area contributed by atoms with Crippen LogP contribution in [0.1, 0.15) is 26.6 Å². The van der Waals surface area contributed by atoms with Crippen molar-refractivity contribution in [3.63, 3.8) is 0 Å². The molecular weight excluding hydrogens is 787 g/mol. The van der Waals surface area contributed by atoms with E-state index in [1.54, 1.807) is 0 Å². The van der Waals surface area contributed by atoms with Gasteiger partial charge in [-0.15, -0.1) is 0 Å². The lowest BCUT2D eigenvalue weighted by Crippen LogP contribution is -2.77. The molecule has 0 radical (unpaired) electrons. The molecule has 62 heavy (non-hydrogen) atoms. The van der Waals surface area contributed by atoms with Gasteiger partial charge in [-0.3, -0.25) is 9.80 Å². The highest BCUT2D eigenvalue weighted by Crippen LogP contribution is 2.41. The molecular formula is C55H45N5Si2. The quantitative estimate of drug-likeness (QED) is 0.163. The Labute approximate surface area is 365 Å². The summed E-state index contributed by atoms with van der Waals surface area (Å²) < 4.78 is 0. The van der Waals surface area contributed by atoms with E-state index in [1.165, 1.54) is 41.5 Å². The van der Waals surface area contributed by atoms with Crippen LogP contribution in [-0.4, -0.2) is 31.1 Å². The molecule has 0 unspecified atom stereocenters. The van der Waals surface area contributed by atoms with Gasteiger partial charge in [-0.25, -0.2) is 0 Å². The number of aromatic nitrogens is 3. The first-order chi connectivity index (χ1) is 30.4. The molecule has 0 saturated carbocycles. The van der Waals surface area contributed by atoms with Crippen LogP contribution < -0.4 is 51.3 Å². The van der Waals surface area contributed by atoms with Crippen LogP contribution in [0.15, 0.2) is 218 Å². The molecule has 3 heterocycles. The Bertz CT molecular complexity index is 2700. The van der Waals surface area contributed by atoms with Crippen LogP contribution >= 0.6 is 0 Å². The van der Waals surface area contributed by atoms with Crippen molar-refractivity contribution in [2.45, 2.75) is 26.2 Å². The number of anilines is 6. The number of hydrogen-bond acceptors (Lipinski definition) is 5. The maximum Gasteiger partial charge on any atom is 0.239 e. The number of para-hydroxylation sites is 4. The van der Waals surface area contributed by atoms with Crippen LogP contribution in [0, 0.1) is 0 Å². The second-order valence-corrected chi connectivity index (χ2v) is 24.7. The van der Waals surface area contributed by atoms with Crippen LogP contribution in [0.5, 0.6) is 0 Å². The zero-order valence-corrected chi connectivity index (χ0v) is 37.0. The number of fused-ring (bicyclic) bond motifs is 4. The Kier molecular flexibility index (Phi) is 9.00. The van der Waals surface area contributed by atoms with Crippen molar-refractivity contribution in [2.75, 3.05) is 9.80 Å². The highest BCUT2D eigenvalue weighted by Gasteiger charge is 2.51. The monoisotopic (exact) mass is 831 g/mol. The third kappa shape index (κ3) is 5.62. The zero-order valence-electron chi connectivity index (χ0n) is 35.0. The Hall–Kier alpha value is -7.20. The summed E-state index contributed by atoms with van der Waals surface area (Å²) in [5, 5.41) is 10.5. The fourth-order valence-electron chi connectivity index (χ4n) is 10.1. The summed E-state index contributed by atoms with van der Waals surface area (Å²) in [5.41, 5.74) is 3.95. The van der Waals surface area contributed by atoms with E-state index >= 15 is 0 Å². The van der Waals surface area contributed by atoms with E-state index in [9.17, 15) is 0 Å². The van der Waals surface area contributed by atoms with Crippen molar-refractivity contribution in [1.82, 2.24) is 15.0 Å². The molecule has 0 bridgehead atoms. The summed E-state index contributed by atoms with van der Waals surface area (Å²) in [4.78, 5) is 21.1. The molecule has 0 spiro atoms. The van der Waals surface area contributed by atoms with Crippen LogP contribution in [-0.2, 0) is 5.41 Å². The van der Waals surface area contributed by atoms with Gasteiger partial charge >= 0.3 is 0 Å². The van der Waals surface area contributed by atoms with Crippen LogP contribution in [0.2, 0.25) is 0 Å². The van der Waals surface area contributed by atoms with Crippen molar-refractivity contribution in [2.24, 2.45) is 0 Å². The smallest absolute Gasteiger partial charge is 0.239 e. The highest BCUT2D eigenvalue weighted by molar-refractivity contribution is 7.22. The molecule has 0 saturated heterocycles. The maximum absolute atomic E-state index is 5.64. The Morgan fingerprint density at radius 3 is 0.806 bits per heavy atom. The maximum atomic E-state index is 5.64. The van der Waals surface area contributed by atoms with E-state index in [1.807, 2.05) is 0 Å². The topological polar surface area (TPSA) is 45.2 Å². The fraction of sp³-hybridized carbons (Fsp3) is 0.0727. The predicted molar refractivity (Wildman–Crippen MR) is 262 cm³/mol. The van der Waals surface area contributed by atoms with Crippen molar-refractivity contribution < 1.29 is 0 Å². The Morgan fingerprint density at radius 1 is 0.306 bits per heavy atom. The third-order valence-corrected chi connectivity index (χ3v) is 22.4. The average molecular weight is 832 g/mol. The summed E-state index contributed by atoms with van der Waals surface area (Å²) in [5.74, 6) is 1.92. The second kappa shape index (κ2) is 14.8. The minimum absolute atomic E-state index is 0.394. The van der Waals surface area contributed by atoms with Gasteiger partial charge < -0.3 is 0 Å². The van der Waals surface area contributed by atoms with Crippen molar-refractivity contribution in [3.05, 3.63) is 224 Å². The van der Waals surface area contributed by atoms with Gasteiger partial charge in [0.15, 0.2) is 16.1 Å². The third-order valence-electron chi connectivity index (χ3n) is 12.7. The predicted octanol–water partition coefficient (Wildman–Crippen LogP) is 7.49. The van der Waals surface area contributed by atoms with Gasteiger partial charge in [-0.1, -0.05) is 215 Å². The van der Waals surface area contributed by atoms with Gasteiger partial charge in [0, 0.05) is 28.2 Å². The van der Waals surface area contributed by atoms with E-state index in [4.69, 9.17) is 15.0 Å². The summed E-state index contributed by atoms with van der Waals surface area (Å²) in [7, 11) is -5.68. The standard InChI is InChI=1S/C55H45N5Si2/c1-55(2,3)52-56-53(59-44-32-16-20-36-48(44)61(40-24-8-4-9-25-40,41-26-10-5-11-27-41)49-37-21-17-33-45(49)59)58-54(57-52)60-46-34-18-22-38-50(46)62(42-28-12-6-13-29-42,43-30-14-7-15-31-43)51-39-23-19-35-47(51)60/h4-39H,1-3H3. The molecule has 0 fully saturated rings. The summed E-state index contributed by atoms with van der Waals surface area (Å²) in [6, 6.07) is 80.2. The molecule has 0 aliphatic carbocycles. The van der Waals surface area contributed by atoms with E-state index in [2.05, 4.69) is 249 Å². The SMILES string of the molecule is CC(C)(C)c1nc(N2c3ccccc3[Si](c3ccccc3)(c3ccccc3)c3ccccc32)nc(N2c3ccccc3[Si](c3ccccc3)(c3ccccc3)c3ccccc32)n1. The van der Waals surface area contributed by atoms with Gasteiger partial charge in [0.05, 0.1) is 0 Å². The number of nitrogens with zero attached hydrogens (tertiary/aromatic N) is 5. The molecule has 0 N–H and O–H groups in total. The molecule has 9 aromatic rings. The molecule has 0 amide bonds. The molecule has 7 heteroatoms. The summed E-state index contributed by atoms with van der Waals surface area (Å²) in [6.45, 7) is 6.58. The lowest BCUT2D eigenvalue weighted by Gasteiger charge is -2.45. The first-order valence-electron chi connectivity index (χ1n) is 21.4. The number of benzene rings is 8. The van der Waals surface area contributed by atoms with Crippen LogP contribution in [0.3, 0.4) is 0 Å². The summed E-state index contributed by atoms with van der Waals surface area (Å²) >= 11 is 0. The molecule has 5 nitrogen and oxygen atoms in total. The Balaban J connectivity index is 1.19. The highest BCUT2D eigenvalue weighted by atomic mass is 28.3. The first-order valence-corrected chi connectivity index (χ1v) is 25.4. The van der Waals surface area contributed by atoms with Gasteiger partial charge in [0.2, 0.25) is 11.9 Å². The first kappa shape index (κ1) is 37.8.